The Morgan fingerprint density at radius 1 is 0.833 bits per heavy atom. The van der Waals surface area contributed by atoms with Crippen LogP contribution in [0.15, 0.2) is 88.8 Å². The minimum atomic E-state index is -0.0503. The van der Waals surface area contributed by atoms with Crippen LogP contribution < -0.4 is 5.56 Å². The van der Waals surface area contributed by atoms with Gasteiger partial charge in [0, 0.05) is 5.75 Å². The van der Waals surface area contributed by atoms with Gasteiger partial charge in [-0.3, -0.25) is 13.8 Å². The predicted octanol–water partition coefficient (Wildman–Crippen LogP) is 4.69. The Morgan fingerprint density at radius 3 is 2.37 bits per heavy atom. The zero-order chi connectivity index (χ0) is 20.5. The topological polar surface area (TPSA) is 52.2 Å². The van der Waals surface area contributed by atoms with E-state index in [1.54, 1.807) is 16.3 Å². The van der Waals surface area contributed by atoms with Crippen LogP contribution in [0.3, 0.4) is 0 Å². The van der Waals surface area contributed by atoms with Crippen molar-refractivity contribution in [3.8, 4) is 0 Å². The van der Waals surface area contributed by atoms with Crippen LogP contribution in [0.2, 0.25) is 0 Å². The molecule has 3 aromatic carbocycles. The molecule has 2 heterocycles. The van der Waals surface area contributed by atoms with Gasteiger partial charge in [-0.2, -0.15) is 0 Å². The Labute approximate surface area is 178 Å². The number of fused-ring (bicyclic) bond motifs is 3. The summed E-state index contributed by atoms with van der Waals surface area (Å²) in [5.41, 5.74) is 4.25. The maximum atomic E-state index is 13.3. The first kappa shape index (κ1) is 18.6. The van der Waals surface area contributed by atoms with Gasteiger partial charge in [0.1, 0.15) is 0 Å². The number of rotatable bonds is 5. The SMILES string of the molecule is Cc1ccc(Cn2c(=O)c3ccccc3n3c(SCc4ccccc4)nnc23)cc1. The summed E-state index contributed by atoms with van der Waals surface area (Å²) in [6.07, 6.45) is 0. The summed E-state index contributed by atoms with van der Waals surface area (Å²) >= 11 is 1.62. The summed E-state index contributed by atoms with van der Waals surface area (Å²) in [4.78, 5) is 13.3. The monoisotopic (exact) mass is 412 g/mol. The molecule has 0 saturated carbocycles. The third kappa shape index (κ3) is 3.39. The Bertz CT molecular complexity index is 1390. The van der Waals surface area contributed by atoms with E-state index in [1.165, 1.54) is 11.1 Å². The Kier molecular flexibility index (Phi) is 4.85. The third-order valence-corrected chi connectivity index (χ3v) is 6.15. The highest BCUT2D eigenvalue weighted by Crippen LogP contribution is 2.25. The van der Waals surface area contributed by atoms with E-state index in [0.717, 1.165) is 22.0 Å². The van der Waals surface area contributed by atoms with E-state index in [4.69, 9.17) is 0 Å². The van der Waals surface area contributed by atoms with E-state index in [2.05, 4.69) is 53.5 Å². The fourth-order valence-electron chi connectivity index (χ4n) is 3.57. The molecule has 5 rings (SSSR count). The second kappa shape index (κ2) is 7.80. The zero-order valence-electron chi connectivity index (χ0n) is 16.5. The van der Waals surface area contributed by atoms with Crippen molar-refractivity contribution < 1.29 is 0 Å². The van der Waals surface area contributed by atoms with E-state index >= 15 is 0 Å². The predicted molar refractivity (Wildman–Crippen MR) is 121 cm³/mol. The maximum absolute atomic E-state index is 13.3. The van der Waals surface area contributed by atoms with E-state index in [1.807, 2.05) is 46.9 Å². The van der Waals surface area contributed by atoms with Gasteiger partial charge in [0.2, 0.25) is 5.78 Å². The minimum Gasteiger partial charge on any atom is -0.272 e. The van der Waals surface area contributed by atoms with Gasteiger partial charge in [-0.1, -0.05) is 84.1 Å². The number of thioether (sulfide) groups is 1. The molecule has 0 saturated heterocycles. The molecule has 0 amide bonds. The second-order valence-corrected chi connectivity index (χ2v) is 8.23. The van der Waals surface area contributed by atoms with Gasteiger partial charge in [-0.25, -0.2) is 0 Å². The molecule has 0 radical (unpaired) electrons. The Hall–Kier alpha value is -3.38. The summed E-state index contributed by atoms with van der Waals surface area (Å²) < 4.78 is 3.71. The molecule has 0 fully saturated rings. The van der Waals surface area contributed by atoms with Crippen LogP contribution >= 0.6 is 11.8 Å². The lowest BCUT2D eigenvalue weighted by Gasteiger charge is -2.11. The van der Waals surface area contributed by atoms with Crippen molar-refractivity contribution in [3.05, 3.63) is 106 Å². The highest BCUT2D eigenvalue weighted by molar-refractivity contribution is 7.98. The van der Waals surface area contributed by atoms with Gasteiger partial charge >= 0.3 is 0 Å². The molecule has 5 aromatic rings. The molecule has 0 spiro atoms. The standard InChI is InChI=1S/C24H20N4OS/c1-17-11-13-18(14-12-17)15-27-22(29)20-9-5-6-10-21(20)28-23(27)25-26-24(28)30-16-19-7-3-2-4-8-19/h2-14H,15-16H2,1H3. The first-order valence-corrected chi connectivity index (χ1v) is 10.8. The molecule has 0 aliphatic heterocycles. The molecule has 5 nitrogen and oxygen atoms in total. The number of para-hydroxylation sites is 1. The molecule has 2 aromatic heterocycles. The van der Waals surface area contributed by atoms with Gasteiger partial charge in [-0.15, -0.1) is 10.2 Å². The highest BCUT2D eigenvalue weighted by Gasteiger charge is 2.17. The van der Waals surface area contributed by atoms with Crippen LogP contribution in [-0.2, 0) is 12.3 Å². The lowest BCUT2D eigenvalue weighted by atomic mass is 10.1. The molecular formula is C24H20N4OS. The molecule has 0 unspecified atom stereocenters. The third-order valence-electron chi connectivity index (χ3n) is 5.15. The summed E-state index contributed by atoms with van der Waals surface area (Å²) in [5.74, 6) is 1.35. The number of nitrogens with zero attached hydrogens (tertiary/aromatic N) is 4. The highest BCUT2D eigenvalue weighted by atomic mass is 32.2. The van der Waals surface area contributed by atoms with Crippen LogP contribution in [0.1, 0.15) is 16.7 Å². The van der Waals surface area contributed by atoms with Crippen molar-refractivity contribution >= 4 is 28.4 Å². The number of hydrogen-bond acceptors (Lipinski definition) is 4. The average molecular weight is 413 g/mol. The number of hydrogen-bond donors (Lipinski definition) is 0. The van der Waals surface area contributed by atoms with Crippen LogP contribution in [0, 0.1) is 6.92 Å². The lowest BCUT2D eigenvalue weighted by molar-refractivity contribution is 0.763. The molecule has 0 aliphatic rings. The van der Waals surface area contributed by atoms with Crippen LogP contribution in [0.5, 0.6) is 0 Å². The zero-order valence-corrected chi connectivity index (χ0v) is 17.3. The summed E-state index contributed by atoms with van der Waals surface area (Å²) in [6.45, 7) is 2.51. The number of aromatic nitrogens is 4. The average Bonchev–Trinajstić information content (AvgIpc) is 3.21. The van der Waals surface area contributed by atoms with Crippen LogP contribution in [0.25, 0.3) is 16.7 Å². The van der Waals surface area contributed by atoms with Crippen molar-refractivity contribution in [2.24, 2.45) is 0 Å². The van der Waals surface area contributed by atoms with E-state index in [9.17, 15) is 4.79 Å². The Morgan fingerprint density at radius 2 is 1.57 bits per heavy atom. The number of benzene rings is 3. The van der Waals surface area contributed by atoms with Gasteiger partial charge in [0.15, 0.2) is 5.16 Å². The maximum Gasteiger partial charge on any atom is 0.263 e. The lowest BCUT2D eigenvalue weighted by Crippen LogP contribution is -2.24. The Balaban J connectivity index is 1.64. The van der Waals surface area contributed by atoms with Crippen LogP contribution in [-0.4, -0.2) is 19.2 Å². The summed E-state index contributed by atoms with van der Waals surface area (Å²) in [5, 5.41) is 10.3. The second-order valence-electron chi connectivity index (χ2n) is 7.29. The van der Waals surface area contributed by atoms with Crippen molar-refractivity contribution in [2.45, 2.75) is 24.4 Å². The minimum absolute atomic E-state index is 0.0503. The first-order chi connectivity index (χ1) is 14.7. The summed E-state index contributed by atoms with van der Waals surface area (Å²) in [6, 6.07) is 26.2. The molecule has 0 aliphatic carbocycles. The van der Waals surface area contributed by atoms with Gasteiger partial charge in [0.25, 0.3) is 5.56 Å². The van der Waals surface area contributed by atoms with Gasteiger partial charge in [-0.05, 0) is 30.2 Å². The first-order valence-electron chi connectivity index (χ1n) is 9.79. The molecule has 148 valence electrons. The van der Waals surface area contributed by atoms with E-state index in [-0.39, 0.29) is 5.56 Å². The quantitative estimate of drug-likeness (QED) is 0.393. The number of aryl methyl sites for hydroxylation is 1. The van der Waals surface area contributed by atoms with Gasteiger partial charge < -0.3 is 0 Å². The molecule has 30 heavy (non-hydrogen) atoms. The van der Waals surface area contributed by atoms with Crippen molar-refractivity contribution in [1.82, 2.24) is 19.2 Å². The van der Waals surface area contributed by atoms with E-state index in [0.29, 0.717) is 17.7 Å². The van der Waals surface area contributed by atoms with Crippen molar-refractivity contribution in [1.29, 1.82) is 0 Å². The van der Waals surface area contributed by atoms with Crippen LogP contribution in [0.4, 0.5) is 0 Å². The largest absolute Gasteiger partial charge is 0.272 e. The van der Waals surface area contributed by atoms with E-state index < -0.39 is 0 Å². The molecular weight excluding hydrogens is 392 g/mol. The molecule has 0 atom stereocenters. The fourth-order valence-corrected chi connectivity index (χ4v) is 4.46. The fraction of sp³-hybridized carbons (Fsp3) is 0.125. The van der Waals surface area contributed by atoms with Gasteiger partial charge in [0.05, 0.1) is 17.4 Å². The van der Waals surface area contributed by atoms with Crippen molar-refractivity contribution in [2.75, 3.05) is 0 Å². The smallest absolute Gasteiger partial charge is 0.263 e. The normalized spacial score (nSPS) is 11.4. The molecule has 0 N–H and O–H groups in total. The summed E-state index contributed by atoms with van der Waals surface area (Å²) in [7, 11) is 0. The van der Waals surface area contributed by atoms with Crippen molar-refractivity contribution in [3.63, 3.8) is 0 Å². The molecule has 0 bridgehead atoms. The molecule has 6 heteroatoms.